The van der Waals surface area contributed by atoms with Crippen molar-refractivity contribution in [3.8, 4) is 0 Å². The molecule has 8 heteroatoms. The first kappa shape index (κ1) is 14.4. The number of aliphatic carboxylic acids is 1. The number of carbonyl (C=O) groups is 1. The van der Waals surface area contributed by atoms with Gasteiger partial charge in [-0.25, -0.2) is 8.42 Å². The monoisotopic (exact) mass is 349 g/mol. The molecule has 2 N–H and O–H groups in total. The number of carboxylic acids is 1. The summed E-state index contributed by atoms with van der Waals surface area (Å²) in [6.07, 6.45) is -1.06. The number of halogens is 1. The second-order valence-electron chi connectivity index (χ2n) is 4.25. The van der Waals surface area contributed by atoms with Crippen molar-refractivity contribution in [2.75, 3.05) is 6.54 Å². The molecule has 0 radical (unpaired) electrons. The van der Waals surface area contributed by atoms with E-state index in [9.17, 15) is 18.3 Å². The van der Waals surface area contributed by atoms with Crippen molar-refractivity contribution in [3.63, 3.8) is 0 Å². The van der Waals surface area contributed by atoms with Gasteiger partial charge in [-0.15, -0.1) is 0 Å². The molecule has 1 heterocycles. The quantitative estimate of drug-likeness (QED) is 0.835. The average molecular weight is 350 g/mol. The molecule has 0 amide bonds. The molecule has 0 unspecified atom stereocenters. The molecule has 2 rings (SSSR count). The lowest BCUT2D eigenvalue weighted by molar-refractivity contribution is -0.140. The summed E-state index contributed by atoms with van der Waals surface area (Å²) in [6.45, 7) is -0.208. The highest BCUT2D eigenvalue weighted by atomic mass is 79.9. The minimum Gasteiger partial charge on any atom is -0.480 e. The largest absolute Gasteiger partial charge is 0.480 e. The van der Waals surface area contributed by atoms with Crippen molar-refractivity contribution in [2.45, 2.75) is 23.5 Å². The molecule has 1 saturated heterocycles. The van der Waals surface area contributed by atoms with Gasteiger partial charge in [0.05, 0.1) is 11.0 Å². The molecule has 0 aromatic heterocycles. The van der Waals surface area contributed by atoms with E-state index in [2.05, 4.69) is 15.9 Å². The van der Waals surface area contributed by atoms with E-state index in [4.69, 9.17) is 5.11 Å². The van der Waals surface area contributed by atoms with E-state index < -0.39 is 28.1 Å². The Kier molecular flexibility index (Phi) is 3.95. The Hall–Kier alpha value is -0.960. The molecule has 2 atom stereocenters. The van der Waals surface area contributed by atoms with Crippen LogP contribution in [0, 0.1) is 0 Å². The highest BCUT2D eigenvalue weighted by Crippen LogP contribution is 2.30. The van der Waals surface area contributed by atoms with Crippen LogP contribution in [-0.4, -0.2) is 47.6 Å². The number of nitrogens with zero attached hydrogens (tertiary/aromatic N) is 1. The fraction of sp³-hybridized carbons (Fsp3) is 0.364. The summed E-state index contributed by atoms with van der Waals surface area (Å²) >= 11 is 3.14. The molecule has 1 aliphatic rings. The van der Waals surface area contributed by atoms with Crippen LogP contribution < -0.4 is 0 Å². The maximum absolute atomic E-state index is 12.4. The number of hydrogen-bond acceptors (Lipinski definition) is 4. The first-order valence-electron chi connectivity index (χ1n) is 5.51. The van der Waals surface area contributed by atoms with Crippen LogP contribution in [0.15, 0.2) is 33.6 Å². The molecule has 19 heavy (non-hydrogen) atoms. The van der Waals surface area contributed by atoms with Gasteiger partial charge in [-0.1, -0.05) is 12.1 Å². The van der Waals surface area contributed by atoms with Gasteiger partial charge >= 0.3 is 5.97 Å². The van der Waals surface area contributed by atoms with Crippen LogP contribution in [0.4, 0.5) is 0 Å². The number of sulfonamides is 1. The minimum absolute atomic E-state index is 0.00431. The Balaban J connectivity index is 2.45. The van der Waals surface area contributed by atoms with Gasteiger partial charge in [-0.05, 0) is 28.1 Å². The Bertz CT molecular complexity index is 603. The number of rotatable bonds is 3. The molecule has 0 aliphatic carbocycles. The van der Waals surface area contributed by atoms with Crippen molar-refractivity contribution in [1.82, 2.24) is 4.31 Å². The van der Waals surface area contributed by atoms with E-state index in [0.29, 0.717) is 4.47 Å². The second-order valence-corrected chi connectivity index (χ2v) is 6.96. The molecule has 0 spiro atoms. The summed E-state index contributed by atoms with van der Waals surface area (Å²) < 4.78 is 26.1. The van der Waals surface area contributed by atoms with Crippen LogP contribution in [0.3, 0.4) is 0 Å². The summed E-state index contributed by atoms with van der Waals surface area (Å²) in [5.41, 5.74) is 0. The van der Waals surface area contributed by atoms with Gasteiger partial charge in [-0.3, -0.25) is 4.79 Å². The Morgan fingerprint density at radius 2 is 2.00 bits per heavy atom. The lowest BCUT2D eigenvalue weighted by Gasteiger charge is -2.21. The van der Waals surface area contributed by atoms with E-state index in [1.54, 1.807) is 18.2 Å². The van der Waals surface area contributed by atoms with Gasteiger partial charge in [-0.2, -0.15) is 4.31 Å². The average Bonchev–Trinajstić information content (AvgIpc) is 2.72. The maximum atomic E-state index is 12.4. The standard InChI is InChI=1S/C11H12BrNO5S/c12-8-3-1-2-4-10(8)19(17,18)13-6-7(14)5-9(13)11(15)16/h1-4,7,9,14H,5-6H2,(H,15,16)/t7-,9-/m0/s1. The van der Waals surface area contributed by atoms with Crippen molar-refractivity contribution >= 4 is 31.9 Å². The number of carboxylic acid groups (broad SMARTS) is 1. The predicted octanol–water partition coefficient (Wildman–Crippen LogP) is 0.658. The molecule has 1 aromatic rings. The van der Waals surface area contributed by atoms with Gasteiger partial charge in [0.15, 0.2) is 0 Å². The molecule has 0 bridgehead atoms. The van der Waals surface area contributed by atoms with Crippen LogP contribution in [0.1, 0.15) is 6.42 Å². The zero-order valence-electron chi connectivity index (χ0n) is 9.73. The first-order valence-corrected chi connectivity index (χ1v) is 7.74. The van der Waals surface area contributed by atoms with Crippen molar-refractivity contribution in [1.29, 1.82) is 0 Å². The van der Waals surface area contributed by atoms with Gasteiger partial charge in [0.1, 0.15) is 6.04 Å². The molecular weight excluding hydrogens is 338 g/mol. The third-order valence-electron chi connectivity index (χ3n) is 2.94. The third-order valence-corrected chi connectivity index (χ3v) is 5.83. The number of hydrogen-bond donors (Lipinski definition) is 2. The molecule has 1 aliphatic heterocycles. The van der Waals surface area contributed by atoms with Crippen molar-refractivity contribution in [2.24, 2.45) is 0 Å². The Morgan fingerprint density at radius 3 is 2.58 bits per heavy atom. The van der Waals surface area contributed by atoms with Crippen LogP contribution in [0.25, 0.3) is 0 Å². The summed E-state index contributed by atoms with van der Waals surface area (Å²) in [4.78, 5) is 11.1. The topological polar surface area (TPSA) is 94.9 Å². The number of aliphatic hydroxyl groups is 1. The number of β-amino-alcohol motifs (C(OH)–C–C–N with tert-alkyl or cyclic N) is 1. The summed E-state index contributed by atoms with van der Waals surface area (Å²) in [5, 5.41) is 18.6. The fourth-order valence-corrected chi connectivity index (χ4v) is 4.65. The normalized spacial score (nSPS) is 24.5. The summed E-state index contributed by atoms with van der Waals surface area (Å²) in [5.74, 6) is -1.26. The van der Waals surface area contributed by atoms with E-state index in [1.165, 1.54) is 6.07 Å². The molecule has 1 fully saturated rings. The first-order chi connectivity index (χ1) is 8.84. The Labute approximate surface area is 118 Å². The summed E-state index contributed by atoms with van der Waals surface area (Å²) in [6, 6.07) is 4.95. The van der Waals surface area contributed by atoms with Crippen molar-refractivity contribution in [3.05, 3.63) is 28.7 Å². The van der Waals surface area contributed by atoms with Crippen LogP contribution in [0.2, 0.25) is 0 Å². The Morgan fingerprint density at radius 1 is 1.37 bits per heavy atom. The van der Waals surface area contributed by atoms with Crippen LogP contribution >= 0.6 is 15.9 Å². The van der Waals surface area contributed by atoms with E-state index >= 15 is 0 Å². The van der Waals surface area contributed by atoms with E-state index in [0.717, 1.165) is 4.31 Å². The van der Waals surface area contributed by atoms with Crippen molar-refractivity contribution < 1.29 is 23.4 Å². The minimum atomic E-state index is -3.95. The lowest BCUT2D eigenvalue weighted by Crippen LogP contribution is -2.40. The highest BCUT2D eigenvalue weighted by molar-refractivity contribution is 9.10. The van der Waals surface area contributed by atoms with Gasteiger partial charge in [0, 0.05) is 17.4 Å². The molecule has 1 aromatic carbocycles. The zero-order valence-corrected chi connectivity index (χ0v) is 12.1. The number of benzene rings is 1. The predicted molar refractivity (Wildman–Crippen MR) is 70.1 cm³/mol. The SMILES string of the molecule is O=C(O)[C@@H]1C[C@H](O)CN1S(=O)(=O)c1ccccc1Br. The van der Waals surface area contributed by atoms with E-state index in [1.807, 2.05) is 0 Å². The smallest absolute Gasteiger partial charge is 0.322 e. The second kappa shape index (κ2) is 5.20. The van der Waals surface area contributed by atoms with Gasteiger partial charge in [0.2, 0.25) is 10.0 Å². The van der Waals surface area contributed by atoms with Crippen LogP contribution in [-0.2, 0) is 14.8 Å². The molecule has 0 saturated carbocycles. The third kappa shape index (κ3) is 2.66. The highest BCUT2D eigenvalue weighted by Gasteiger charge is 2.43. The fourth-order valence-electron chi connectivity index (χ4n) is 2.05. The molecule has 104 valence electrons. The van der Waals surface area contributed by atoms with E-state index in [-0.39, 0.29) is 17.9 Å². The van der Waals surface area contributed by atoms with Gasteiger partial charge < -0.3 is 10.2 Å². The zero-order chi connectivity index (χ0) is 14.2. The van der Waals surface area contributed by atoms with Crippen LogP contribution in [0.5, 0.6) is 0 Å². The molecule has 6 nitrogen and oxygen atoms in total. The lowest BCUT2D eigenvalue weighted by atomic mass is 10.2. The molecular formula is C11H12BrNO5S. The number of aliphatic hydroxyl groups excluding tert-OH is 1. The summed E-state index contributed by atoms with van der Waals surface area (Å²) in [7, 11) is -3.95. The maximum Gasteiger partial charge on any atom is 0.322 e. The van der Waals surface area contributed by atoms with Gasteiger partial charge in [0.25, 0.3) is 0 Å².